The molecule has 1 saturated heterocycles. The van der Waals surface area contributed by atoms with E-state index < -0.39 is 0 Å². The van der Waals surface area contributed by atoms with Crippen molar-refractivity contribution in [1.82, 2.24) is 4.90 Å². The molecule has 2 atom stereocenters. The first kappa shape index (κ1) is 9.50. The van der Waals surface area contributed by atoms with Gasteiger partial charge in [-0.1, -0.05) is 6.92 Å². The van der Waals surface area contributed by atoms with Crippen LogP contribution < -0.4 is 5.73 Å². The maximum Gasteiger partial charge on any atom is 0.0635 e. The lowest BCUT2D eigenvalue weighted by Gasteiger charge is -2.34. The second kappa shape index (κ2) is 4.44. The molecule has 1 fully saturated rings. The molecule has 2 unspecified atom stereocenters. The van der Waals surface area contributed by atoms with Crippen molar-refractivity contribution in [2.75, 3.05) is 19.6 Å². The van der Waals surface area contributed by atoms with E-state index in [2.05, 4.69) is 17.9 Å². The molecular weight excluding hydrogens is 150 g/mol. The van der Waals surface area contributed by atoms with Crippen molar-refractivity contribution in [2.45, 2.75) is 25.8 Å². The minimum Gasteiger partial charge on any atom is -0.327 e. The first-order valence-electron chi connectivity index (χ1n) is 4.59. The molecule has 3 heteroatoms. The van der Waals surface area contributed by atoms with E-state index in [1.54, 1.807) is 0 Å². The monoisotopic (exact) mass is 167 g/mol. The Hall–Kier alpha value is -0.590. The lowest BCUT2D eigenvalue weighted by molar-refractivity contribution is 0.168. The van der Waals surface area contributed by atoms with E-state index in [-0.39, 0.29) is 0 Å². The zero-order valence-corrected chi connectivity index (χ0v) is 7.66. The van der Waals surface area contributed by atoms with Crippen LogP contribution in [0.15, 0.2) is 0 Å². The van der Waals surface area contributed by atoms with Gasteiger partial charge in [-0.3, -0.25) is 0 Å². The summed E-state index contributed by atoms with van der Waals surface area (Å²) in [5.41, 5.74) is 5.88. The predicted octanol–water partition coefficient (Wildman–Crippen LogP) is 0.569. The van der Waals surface area contributed by atoms with Crippen LogP contribution in [0.1, 0.15) is 19.8 Å². The Kier molecular flexibility index (Phi) is 3.51. The molecule has 0 aromatic rings. The van der Waals surface area contributed by atoms with Gasteiger partial charge < -0.3 is 10.6 Å². The third-order valence-corrected chi connectivity index (χ3v) is 2.60. The van der Waals surface area contributed by atoms with Gasteiger partial charge in [-0.05, 0) is 18.9 Å². The van der Waals surface area contributed by atoms with Gasteiger partial charge in [0.2, 0.25) is 0 Å². The summed E-state index contributed by atoms with van der Waals surface area (Å²) in [6.45, 7) is 5.22. The van der Waals surface area contributed by atoms with Gasteiger partial charge in [-0.2, -0.15) is 5.26 Å². The molecule has 1 aliphatic heterocycles. The summed E-state index contributed by atoms with van der Waals surface area (Å²) in [7, 11) is 0. The SMILES string of the molecule is CC1CN(CCC#N)CCC1N. The normalized spacial score (nSPS) is 31.4. The molecule has 0 amide bonds. The summed E-state index contributed by atoms with van der Waals surface area (Å²) < 4.78 is 0. The standard InChI is InChI=1S/C9H17N3/c1-8-7-12(5-2-4-10)6-3-9(8)11/h8-9H,2-3,5-7,11H2,1H3. The molecule has 2 N–H and O–H groups in total. The van der Waals surface area contributed by atoms with Crippen LogP contribution in [0.2, 0.25) is 0 Å². The van der Waals surface area contributed by atoms with Gasteiger partial charge >= 0.3 is 0 Å². The third kappa shape index (κ3) is 2.47. The number of piperidine rings is 1. The summed E-state index contributed by atoms with van der Waals surface area (Å²) in [6.07, 6.45) is 1.72. The summed E-state index contributed by atoms with van der Waals surface area (Å²) in [5, 5.41) is 8.41. The minimum atomic E-state index is 0.364. The zero-order chi connectivity index (χ0) is 8.97. The molecule has 0 aromatic carbocycles. The van der Waals surface area contributed by atoms with Crippen molar-refractivity contribution in [3.63, 3.8) is 0 Å². The van der Waals surface area contributed by atoms with Crippen LogP contribution in [0.25, 0.3) is 0 Å². The highest BCUT2D eigenvalue weighted by Gasteiger charge is 2.22. The van der Waals surface area contributed by atoms with Crippen molar-refractivity contribution in [3.05, 3.63) is 0 Å². The topological polar surface area (TPSA) is 53.0 Å². The van der Waals surface area contributed by atoms with Gasteiger partial charge in [0.1, 0.15) is 0 Å². The highest BCUT2D eigenvalue weighted by Crippen LogP contribution is 2.14. The van der Waals surface area contributed by atoms with Gasteiger partial charge in [0.25, 0.3) is 0 Å². The first-order chi connectivity index (χ1) is 5.74. The largest absolute Gasteiger partial charge is 0.327 e. The van der Waals surface area contributed by atoms with Crippen LogP contribution in [-0.2, 0) is 0 Å². The highest BCUT2D eigenvalue weighted by atomic mass is 15.1. The minimum absolute atomic E-state index is 0.364. The maximum atomic E-state index is 8.41. The molecule has 1 rings (SSSR count). The van der Waals surface area contributed by atoms with E-state index in [1.807, 2.05) is 0 Å². The number of nitriles is 1. The Morgan fingerprint density at radius 1 is 1.67 bits per heavy atom. The number of hydrogen-bond acceptors (Lipinski definition) is 3. The van der Waals surface area contributed by atoms with E-state index in [9.17, 15) is 0 Å². The average molecular weight is 167 g/mol. The van der Waals surface area contributed by atoms with Gasteiger partial charge in [-0.15, -0.1) is 0 Å². The molecule has 0 radical (unpaired) electrons. The zero-order valence-electron chi connectivity index (χ0n) is 7.66. The van der Waals surface area contributed by atoms with Crippen LogP contribution >= 0.6 is 0 Å². The fourth-order valence-electron chi connectivity index (χ4n) is 1.66. The van der Waals surface area contributed by atoms with Crippen molar-refractivity contribution in [2.24, 2.45) is 11.7 Å². The molecule has 1 aliphatic rings. The molecule has 0 aliphatic carbocycles. The lowest BCUT2D eigenvalue weighted by atomic mass is 9.95. The van der Waals surface area contributed by atoms with Crippen LogP contribution in [0.4, 0.5) is 0 Å². The van der Waals surface area contributed by atoms with Gasteiger partial charge in [0.05, 0.1) is 6.07 Å². The van der Waals surface area contributed by atoms with Gasteiger partial charge in [0.15, 0.2) is 0 Å². The second-order valence-electron chi connectivity index (χ2n) is 3.64. The molecule has 0 bridgehead atoms. The molecule has 0 saturated carbocycles. The van der Waals surface area contributed by atoms with Crippen molar-refractivity contribution < 1.29 is 0 Å². The van der Waals surface area contributed by atoms with E-state index in [1.165, 1.54) is 0 Å². The summed E-state index contributed by atoms with van der Waals surface area (Å²) in [5.74, 6) is 0.581. The Balaban J connectivity index is 2.26. The molecule has 68 valence electrons. The molecule has 0 spiro atoms. The highest BCUT2D eigenvalue weighted by molar-refractivity contribution is 4.82. The predicted molar refractivity (Wildman–Crippen MR) is 48.4 cm³/mol. The van der Waals surface area contributed by atoms with Crippen LogP contribution in [-0.4, -0.2) is 30.6 Å². The number of likely N-dealkylation sites (tertiary alicyclic amines) is 1. The van der Waals surface area contributed by atoms with Gasteiger partial charge in [-0.25, -0.2) is 0 Å². The third-order valence-electron chi connectivity index (χ3n) is 2.60. The van der Waals surface area contributed by atoms with Crippen LogP contribution in [0.5, 0.6) is 0 Å². The number of hydrogen-bond donors (Lipinski definition) is 1. The molecule has 0 aromatic heterocycles. The Morgan fingerprint density at radius 2 is 2.42 bits per heavy atom. The van der Waals surface area contributed by atoms with E-state index in [4.69, 9.17) is 11.0 Å². The number of nitrogens with zero attached hydrogens (tertiary/aromatic N) is 2. The Bertz CT molecular complexity index is 173. The van der Waals surface area contributed by atoms with Crippen LogP contribution in [0, 0.1) is 17.2 Å². The summed E-state index contributed by atoms with van der Waals surface area (Å²) in [6, 6.07) is 2.53. The second-order valence-corrected chi connectivity index (χ2v) is 3.64. The van der Waals surface area contributed by atoms with E-state index in [0.717, 1.165) is 26.1 Å². The first-order valence-corrected chi connectivity index (χ1v) is 4.59. The van der Waals surface area contributed by atoms with Crippen LogP contribution in [0.3, 0.4) is 0 Å². The Labute approximate surface area is 74.1 Å². The number of rotatable bonds is 2. The average Bonchev–Trinajstić information content (AvgIpc) is 2.07. The van der Waals surface area contributed by atoms with Crippen molar-refractivity contribution in [1.29, 1.82) is 5.26 Å². The molecule has 12 heavy (non-hydrogen) atoms. The van der Waals surface area contributed by atoms with Crippen molar-refractivity contribution in [3.8, 4) is 6.07 Å². The number of nitrogens with two attached hydrogens (primary N) is 1. The van der Waals surface area contributed by atoms with Gasteiger partial charge in [0, 0.05) is 25.6 Å². The quantitative estimate of drug-likeness (QED) is 0.654. The Morgan fingerprint density at radius 3 is 3.00 bits per heavy atom. The molecule has 3 nitrogen and oxygen atoms in total. The molecule has 1 heterocycles. The smallest absolute Gasteiger partial charge is 0.0635 e. The van der Waals surface area contributed by atoms with E-state index >= 15 is 0 Å². The summed E-state index contributed by atoms with van der Waals surface area (Å²) in [4.78, 5) is 2.33. The van der Waals surface area contributed by atoms with Crippen molar-refractivity contribution >= 4 is 0 Å². The lowest BCUT2D eigenvalue weighted by Crippen LogP contribution is -2.46. The maximum absolute atomic E-state index is 8.41. The van der Waals surface area contributed by atoms with E-state index in [0.29, 0.717) is 18.4 Å². The summed E-state index contributed by atoms with van der Waals surface area (Å²) >= 11 is 0. The fraction of sp³-hybridized carbons (Fsp3) is 0.889. The fourth-order valence-corrected chi connectivity index (χ4v) is 1.66. The molecular formula is C9H17N3.